The highest BCUT2D eigenvalue weighted by atomic mass is 16.5. The molecule has 5 nitrogen and oxygen atoms in total. The van der Waals surface area contributed by atoms with Crippen molar-refractivity contribution in [3.8, 4) is 5.75 Å². The second kappa shape index (κ2) is 7.96. The molecule has 28 heavy (non-hydrogen) atoms. The van der Waals surface area contributed by atoms with Crippen LogP contribution in [0.2, 0.25) is 0 Å². The van der Waals surface area contributed by atoms with E-state index in [1.165, 1.54) is 10.8 Å². The van der Waals surface area contributed by atoms with E-state index in [9.17, 15) is 4.79 Å². The Morgan fingerprint density at radius 3 is 2.36 bits per heavy atom. The van der Waals surface area contributed by atoms with E-state index < -0.39 is 0 Å². The third kappa shape index (κ3) is 3.60. The smallest absolute Gasteiger partial charge is 0.241 e. The fourth-order valence-electron chi connectivity index (χ4n) is 3.41. The Balaban J connectivity index is 1.45. The predicted molar refractivity (Wildman–Crippen MR) is 113 cm³/mol. The first kappa shape index (κ1) is 17.8. The molecule has 0 unspecified atom stereocenters. The molecule has 1 heterocycles. The van der Waals surface area contributed by atoms with Crippen molar-refractivity contribution in [1.29, 1.82) is 0 Å². The maximum Gasteiger partial charge on any atom is 0.241 e. The fourth-order valence-corrected chi connectivity index (χ4v) is 3.41. The van der Waals surface area contributed by atoms with E-state index in [2.05, 4.69) is 39.4 Å². The molecule has 0 aliphatic heterocycles. The molecule has 0 saturated heterocycles. The first-order chi connectivity index (χ1) is 13.8. The summed E-state index contributed by atoms with van der Waals surface area (Å²) in [5, 5.41) is 6.46. The summed E-state index contributed by atoms with van der Waals surface area (Å²) in [6.07, 6.45) is 1.96. The minimum atomic E-state index is -0.124. The van der Waals surface area contributed by atoms with Crippen LogP contribution in [0.5, 0.6) is 5.75 Å². The number of carbonyl (C=O) groups is 1. The number of para-hydroxylation sites is 2. The number of aromatic nitrogens is 1. The monoisotopic (exact) mass is 371 g/mol. The van der Waals surface area contributed by atoms with Crippen LogP contribution in [-0.2, 0) is 11.3 Å². The molecular formula is C23H21N3O2. The lowest BCUT2D eigenvalue weighted by molar-refractivity contribution is -0.121. The van der Waals surface area contributed by atoms with E-state index in [0.29, 0.717) is 13.0 Å². The molecule has 1 N–H and O–H groups in total. The Bertz CT molecular complexity index is 1110. The van der Waals surface area contributed by atoms with Crippen LogP contribution in [-0.4, -0.2) is 23.8 Å². The lowest BCUT2D eigenvalue weighted by Crippen LogP contribution is -2.19. The quantitative estimate of drug-likeness (QED) is 0.405. The van der Waals surface area contributed by atoms with E-state index in [0.717, 1.165) is 22.3 Å². The van der Waals surface area contributed by atoms with Crippen molar-refractivity contribution in [3.63, 3.8) is 0 Å². The molecule has 1 amide bonds. The summed E-state index contributed by atoms with van der Waals surface area (Å²) >= 11 is 0. The molecule has 0 saturated carbocycles. The third-order valence-corrected chi connectivity index (χ3v) is 4.74. The highest BCUT2D eigenvalue weighted by molar-refractivity contribution is 6.08. The number of hydrogen-bond acceptors (Lipinski definition) is 3. The number of carbonyl (C=O) groups excluding carboxylic acids is 1. The molecule has 5 heteroatoms. The Kier molecular flexibility index (Phi) is 5.06. The zero-order valence-corrected chi connectivity index (χ0v) is 15.6. The maximum atomic E-state index is 12.3. The summed E-state index contributed by atoms with van der Waals surface area (Å²) in [6, 6.07) is 24.0. The number of amides is 1. The van der Waals surface area contributed by atoms with Crippen LogP contribution in [0, 0.1) is 0 Å². The van der Waals surface area contributed by atoms with Gasteiger partial charge in [-0.05, 0) is 29.8 Å². The van der Waals surface area contributed by atoms with Gasteiger partial charge in [-0.15, -0.1) is 0 Å². The van der Waals surface area contributed by atoms with Crippen LogP contribution in [0.3, 0.4) is 0 Å². The number of aryl methyl sites for hydroxylation is 1. The Hall–Kier alpha value is -3.60. The predicted octanol–water partition coefficient (Wildman–Crippen LogP) is 4.34. The van der Waals surface area contributed by atoms with Gasteiger partial charge in [0.25, 0.3) is 0 Å². The van der Waals surface area contributed by atoms with E-state index in [1.54, 1.807) is 13.3 Å². The van der Waals surface area contributed by atoms with Crippen molar-refractivity contribution >= 4 is 33.9 Å². The number of benzene rings is 3. The van der Waals surface area contributed by atoms with Gasteiger partial charge in [-0.25, -0.2) is 5.43 Å². The highest BCUT2D eigenvalue weighted by Gasteiger charge is 2.10. The number of fused-ring (bicyclic) bond motifs is 3. The summed E-state index contributed by atoms with van der Waals surface area (Å²) in [4.78, 5) is 12.3. The van der Waals surface area contributed by atoms with Gasteiger partial charge >= 0.3 is 0 Å². The molecule has 0 aliphatic carbocycles. The SMILES string of the molecule is COc1cccc(/C=N\NC(=O)CCn2c3ccccc3c3ccccc32)c1. The number of nitrogens with one attached hydrogen (secondary N) is 1. The van der Waals surface area contributed by atoms with E-state index in [-0.39, 0.29) is 5.91 Å². The lowest BCUT2D eigenvalue weighted by Gasteiger charge is -2.06. The molecule has 3 aromatic carbocycles. The van der Waals surface area contributed by atoms with Gasteiger partial charge in [0.1, 0.15) is 5.75 Å². The molecule has 0 spiro atoms. The van der Waals surface area contributed by atoms with Gasteiger partial charge in [0.2, 0.25) is 5.91 Å². The van der Waals surface area contributed by atoms with Crippen molar-refractivity contribution < 1.29 is 9.53 Å². The second-order valence-corrected chi connectivity index (χ2v) is 6.51. The lowest BCUT2D eigenvalue weighted by atomic mass is 10.2. The highest BCUT2D eigenvalue weighted by Crippen LogP contribution is 2.28. The average molecular weight is 371 g/mol. The molecule has 0 bridgehead atoms. The largest absolute Gasteiger partial charge is 0.497 e. The van der Waals surface area contributed by atoms with Crippen LogP contribution in [0.4, 0.5) is 0 Å². The molecule has 1 aromatic heterocycles. The summed E-state index contributed by atoms with van der Waals surface area (Å²) in [7, 11) is 1.62. The zero-order chi connectivity index (χ0) is 19.3. The molecule has 4 aromatic rings. The maximum absolute atomic E-state index is 12.3. The van der Waals surface area contributed by atoms with Crippen LogP contribution < -0.4 is 10.2 Å². The minimum absolute atomic E-state index is 0.124. The van der Waals surface area contributed by atoms with Crippen LogP contribution in [0.1, 0.15) is 12.0 Å². The molecule has 0 aliphatic rings. The van der Waals surface area contributed by atoms with Gasteiger partial charge in [-0.3, -0.25) is 4.79 Å². The second-order valence-electron chi connectivity index (χ2n) is 6.51. The van der Waals surface area contributed by atoms with Crippen molar-refractivity contribution in [2.75, 3.05) is 7.11 Å². The van der Waals surface area contributed by atoms with Crippen LogP contribution in [0.25, 0.3) is 21.8 Å². The summed E-state index contributed by atoms with van der Waals surface area (Å²) in [5.74, 6) is 0.627. The topological polar surface area (TPSA) is 55.6 Å². The third-order valence-electron chi connectivity index (χ3n) is 4.74. The number of methoxy groups -OCH3 is 1. The minimum Gasteiger partial charge on any atom is -0.497 e. The molecular weight excluding hydrogens is 350 g/mol. The number of hydrogen-bond donors (Lipinski definition) is 1. The Morgan fingerprint density at radius 1 is 1.00 bits per heavy atom. The Morgan fingerprint density at radius 2 is 1.68 bits per heavy atom. The number of rotatable bonds is 6. The summed E-state index contributed by atoms with van der Waals surface area (Å²) in [6.45, 7) is 0.592. The number of ether oxygens (including phenoxy) is 1. The van der Waals surface area contributed by atoms with Crippen LogP contribution >= 0.6 is 0 Å². The summed E-state index contributed by atoms with van der Waals surface area (Å²) in [5.41, 5.74) is 5.74. The van der Waals surface area contributed by atoms with E-state index >= 15 is 0 Å². The molecule has 140 valence electrons. The van der Waals surface area contributed by atoms with Gasteiger partial charge in [0.05, 0.1) is 13.3 Å². The van der Waals surface area contributed by atoms with Crippen molar-refractivity contribution in [3.05, 3.63) is 78.4 Å². The molecule has 0 fully saturated rings. The number of hydrazone groups is 1. The first-order valence-corrected chi connectivity index (χ1v) is 9.18. The van der Waals surface area contributed by atoms with Crippen molar-refractivity contribution in [2.45, 2.75) is 13.0 Å². The van der Waals surface area contributed by atoms with Gasteiger partial charge in [0.15, 0.2) is 0 Å². The van der Waals surface area contributed by atoms with Crippen molar-refractivity contribution in [2.24, 2.45) is 5.10 Å². The Labute approximate surface area is 163 Å². The summed E-state index contributed by atoms with van der Waals surface area (Å²) < 4.78 is 7.37. The van der Waals surface area contributed by atoms with Crippen molar-refractivity contribution in [1.82, 2.24) is 9.99 Å². The van der Waals surface area contributed by atoms with Gasteiger partial charge in [-0.2, -0.15) is 5.10 Å². The van der Waals surface area contributed by atoms with E-state index in [1.807, 2.05) is 48.5 Å². The fraction of sp³-hybridized carbons (Fsp3) is 0.130. The zero-order valence-electron chi connectivity index (χ0n) is 15.6. The van der Waals surface area contributed by atoms with Gasteiger partial charge in [0, 0.05) is 34.8 Å². The number of nitrogens with zero attached hydrogens (tertiary/aromatic N) is 2. The average Bonchev–Trinajstić information content (AvgIpc) is 3.06. The first-order valence-electron chi connectivity index (χ1n) is 9.18. The standard InChI is InChI=1S/C23H21N3O2/c1-28-18-8-6-7-17(15-18)16-24-25-23(27)13-14-26-21-11-4-2-9-19(21)20-10-3-5-12-22(20)26/h2-12,15-16H,13-14H2,1H3,(H,25,27)/b24-16-. The van der Waals surface area contributed by atoms with E-state index in [4.69, 9.17) is 4.74 Å². The molecule has 0 radical (unpaired) electrons. The molecule has 4 rings (SSSR count). The van der Waals surface area contributed by atoms with Gasteiger partial charge in [-0.1, -0.05) is 48.5 Å². The van der Waals surface area contributed by atoms with Crippen LogP contribution in [0.15, 0.2) is 77.9 Å². The van der Waals surface area contributed by atoms with Gasteiger partial charge < -0.3 is 9.30 Å². The molecule has 0 atom stereocenters. The normalized spacial score (nSPS) is 11.3.